The van der Waals surface area contributed by atoms with Crippen molar-refractivity contribution in [3.8, 4) is 11.5 Å². The van der Waals surface area contributed by atoms with Gasteiger partial charge >= 0.3 is 5.97 Å². The van der Waals surface area contributed by atoms with Gasteiger partial charge in [-0.05, 0) is 29.5 Å². The highest BCUT2D eigenvalue weighted by atomic mass is 28.3. The molecule has 0 N–H and O–H groups in total. The fourth-order valence-electron chi connectivity index (χ4n) is 3.22. The molecule has 122 valence electrons. The third-order valence-corrected chi connectivity index (χ3v) is 10.5. The fourth-order valence-corrected chi connectivity index (χ4v) is 8.41. The van der Waals surface area contributed by atoms with Gasteiger partial charge in [0.25, 0.3) is 5.89 Å². The standard InChI is InChI=1S/C17H27NO3Si/c1-8-20-17(19)15-11-21-16(18-15)9-10-22(12(2)3,13(4)5)14(6)7/h11-14H,8H2,1-7H3. The second-order valence-corrected chi connectivity index (χ2v) is 12.0. The molecule has 0 fully saturated rings. The van der Waals surface area contributed by atoms with Gasteiger partial charge in [-0.3, -0.25) is 0 Å². The van der Waals surface area contributed by atoms with Crippen molar-refractivity contribution in [3.05, 3.63) is 17.8 Å². The maximum atomic E-state index is 11.6. The van der Waals surface area contributed by atoms with E-state index in [9.17, 15) is 4.79 Å². The molecule has 0 aliphatic carbocycles. The number of ether oxygens (including phenoxy) is 1. The van der Waals surface area contributed by atoms with E-state index in [1.165, 1.54) is 6.26 Å². The largest absolute Gasteiger partial charge is 0.461 e. The second-order valence-electron chi connectivity index (χ2n) is 6.41. The van der Waals surface area contributed by atoms with E-state index >= 15 is 0 Å². The minimum absolute atomic E-state index is 0.178. The number of hydrogen-bond donors (Lipinski definition) is 0. The van der Waals surface area contributed by atoms with Crippen molar-refractivity contribution in [2.24, 2.45) is 0 Å². The van der Waals surface area contributed by atoms with Gasteiger partial charge in [0.1, 0.15) is 14.3 Å². The molecule has 0 radical (unpaired) electrons. The van der Waals surface area contributed by atoms with Gasteiger partial charge in [0.15, 0.2) is 5.69 Å². The van der Waals surface area contributed by atoms with E-state index in [-0.39, 0.29) is 5.69 Å². The van der Waals surface area contributed by atoms with E-state index in [2.05, 4.69) is 58.0 Å². The molecule has 5 heteroatoms. The van der Waals surface area contributed by atoms with Crippen molar-refractivity contribution in [2.75, 3.05) is 6.61 Å². The number of carbonyl (C=O) groups is 1. The molecule has 1 heterocycles. The molecule has 0 aliphatic rings. The first-order chi connectivity index (χ1) is 10.3. The molecule has 0 aliphatic heterocycles. The van der Waals surface area contributed by atoms with Crippen LogP contribution in [0.15, 0.2) is 10.7 Å². The van der Waals surface area contributed by atoms with Crippen LogP contribution in [0.4, 0.5) is 0 Å². The first-order valence-electron chi connectivity index (χ1n) is 7.91. The summed E-state index contributed by atoms with van der Waals surface area (Å²) in [6.07, 6.45) is 1.31. The van der Waals surface area contributed by atoms with E-state index < -0.39 is 14.0 Å². The van der Waals surface area contributed by atoms with Gasteiger partial charge < -0.3 is 9.15 Å². The van der Waals surface area contributed by atoms with E-state index in [0.717, 1.165) is 0 Å². The zero-order chi connectivity index (χ0) is 16.9. The van der Waals surface area contributed by atoms with E-state index in [1.54, 1.807) is 6.92 Å². The predicted octanol–water partition coefficient (Wildman–Crippen LogP) is 4.42. The number of hydrogen-bond acceptors (Lipinski definition) is 4. The minimum atomic E-state index is -1.82. The summed E-state index contributed by atoms with van der Waals surface area (Å²) < 4.78 is 10.2. The van der Waals surface area contributed by atoms with Crippen molar-refractivity contribution < 1.29 is 13.9 Å². The molecule has 0 spiro atoms. The highest BCUT2D eigenvalue weighted by Crippen LogP contribution is 2.40. The van der Waals surface area contributed by atoms with Gasteiger partial charge in [0.05, 0.1) is 6.61 Å². The molecule has 0 unspecified atom stereocenters. The van der Waals surface area contributed by atoms with Crippen LogP contribution in [0, 0.1) is 11.5 Å². The third kappa shape index (κ3) is 3.80. The Morgan fingerprint density at radius 3 is 2.23 bits per heavy atom. The SMILES string of the molecule is CCOC(=O)c1coc(C#C[Si](C(C)C)(C(C)C)C(C)C)n1. The van der Waals surface area contributed by atoms with Gasteiger partial charge in [-0.25, -0.2) is 4.79 Å². The van der Waals surface area contributed by atoms with Crippen LogP contribution < -0.4 is 0 Å². The Bertz CT molecular complexity index is 542. The number of carbonyl (C=O) groups excluding carboxylic acids is 1. The van der Waals surface area contributed by atoms with Gasteiger partial charge in [-0.2, -0.15) is 4.98 Å². The lowest BCUT2D eigenvalue weighted by Crippen LogP contribution is -2.43. The molecule has 0 aromatic carbocycles. The summed E-state index contributed by atoms with van der Waals surface area (Å²) >= 11 is 0. The van der Waals surface area contributed by atoms with Crippen molar-refractivity contribution in [2.45, 2.75) is 65.1 Å². The Morgan fingerprint density at radius 2 is 1.77 bits per heavy atom. The highest BCUT2D eigenvalue weighted by Gasteiger charge is 2.41. The van der Waals surface area contributed by atoms with Crippen molar-refractivity contribution in [3.63, 3.8) is 0 Å². The van der Waals surface area contributed by atoms with Gasteiger partial charge in [-0.15, -0.1) is 5.54 Å². The van der Waals surface area contributed by atoms with E-state index in [1.807, 2.05) is 0 Å². The average Bonchev–Trinajstić information content (AvgIpc) is 2.87. The maximum Gasteiger partial charge on any atom is 0.360 e. The Morgan fingerprint density at radius 1 is 1.23 bits per heavy atom. The molecule has 0 amide bonds. The Kier molecular flexibility index (Phi) is 6.43. The van der Waals surface area contributed by atoms with Crippen molar-refractivity contribution in [1.82, 2.24) is 4.98 Å². The van der Waals surface area contributed by atoms with Gasteiger partial charge in [0.2, 0.25) is 0 Å². The zero-order valence-corrected chi connectivity index (χ0v) is 15.7. The van der Waals surface area contributed by atoms with Crippen LogP contribution in [0.1, 0.15) is 64.8 Å². The van der Waals surface area contributed by atoms with E-state index in [4.69, 9.17) is 9.15 Å². The molecule has 1 rings (SSSR count). The number of nitrogens with zero attached hydrogens (tertiary/aromatic N) is 1. The molecular formula is C17H27NO3Si. The first kappa shape index (κ1) is 18.5. The number of rotatable bonds is 5. The van der Waals surface area contributed by atoms with Crippen molar-refractivity contribution >= 4 is 14.0 Å². The summed E-state index contributed by atoms with van der Waals surface area (Å²) in [5, 5.41) is 0. The molecule has 22 heavy (non-hydrogen) atoms. The molecule has 0 bridgehead atoms. The van der Waals surface area contributed by atoms with Crippen LogP contribution in [0.3, 0.4) is 0 Å². The summed E-state index contributed by atoms with van der Waals surface area (Å²) in [6.45, 7) is 15.6. The number of oxazole rings is 1. The van der Waals surface area contributed by atoms with Crippen LogP contribution in [-0.4, -0.2) is 25.6 Å². The summed E-state index contributed by atoms with van der Waals surface area (Å²) in [5.74, 6) is 2.89. The smallest absolute Gasteiger partial charge is 0.360 e. The lowest BCUT2D eigenvalue weighted by molar-refractivity contribution is 0.0519. The van der Waals surface area contributed by atoms with Crippen LogP contribution in [0.5, 0.6) is 0 Å². The molecule has 0 saturated carbocycles. The second kappa shape index (κ2) is 7.64. The van der Waals surface area contributed by atoms with Crippen LogP contribution >= 0.6 is 0 Å². The minimum Gasteiger partial charge on any atom is -0.461 e. The normalized spacial score (nSPS) is 11.7. The maximum absolute atomic E-state index is 11.6. The molecule has 0 saturated heterocycles. The summed E-state index contributed by atoms with van der Waals surface area (Å²) in [7, 11) is -1.82. The molecular weight excluding hydrogens is 294 g/mol. The lowest BCUT2D eigenvalue weighted by atomic mass is 10.5. The average molecular weight is 321 g/mol. The van der Waals surface area contributed by atoms with Gasteiger partial charge in [0, 0.05) is 0 Å². The van der Waals surface area contributed by atoms with Crippen LogP contribution in [0.2, 0.25) is 16.6 Å². The number of aromatic nitrogens is 1. The van der Waals surface area contributed by atoms with Crippen LogP contribution in [-0.2, 0) is 4.74 Å². The predicted molar refractivity (Wildman–Crippen MR) is 90.4 cm³/mol. The Labute approximate surface area is 134 Å². The molecule has 0 atom stereocenters. The summed E-state index contributed by atoms with van der Waals surface area (Å²) in [5.41, 5.74) is 5.31. The third-order valence-electron chi connectivity index (χ3n) is 4.24. The quantitative estimate of drug-likeness (QED) is 0.457. The summed E-state index contributed by atoms with van der Waals surface area (Å²) in [4.78, 5) is 15.7. The number of esters is 1. The first-order valence-corrected chi connectivity index (χ1v) is 10.1. The summed E-state index contributed by atoms with van der Waals surface area (Å²) in [6, 6.07) is 0. The molecule has 4 nitrogen and oxygen atoms in total. The Hall–Kier alpha value is -1.54. The fraction of sp³-hybridized carbons (Fsp3) is 0.647. The monoisotopic (exact) mass is 321 g/mol. The molecule has 1 aromatic rings. The van der Waals surface area contributed by atoms with E-state index in [0.29, 0.717) is 29.1 Å². The van der Waals surface area contributed by atoms with Crippen LogP contribution in [0.25, 0.3) is 0 Å². The topological polar surface area (TPSA) is 52.3 Å². The zero-order valence-electron chi connectivity index (χ0n) is 14.7. The highest BCUT2D eigenvalue weighted by molar-refractivity contribution is 6.90. The lowest BCUT2D eigenvalue weighted by Gasteiger charge is -2.37. The Balaban J connectivity index is 3.12. The van der Waals surface area contributed by atoms with Gasteiger partial charge in [-0.1, -0.05) is 41.5 Å². The molecule has 1 aromatic heterocycles. The van der Waals surface area contributed by atoms with Crippen molar-refractivity contribution in [1.29, 1.82) is 0 Å².